The maximum Gasteiger partial charge on any atom is 0.529 e. The molecule has 0 spiro atoms. The highest BCUT2D eigenvalue weighted by atomic mass is 28.4. The van der Waals surface area contributed by atoms with Gasteiger partial charge in [0.05, 0.1) is 0 Å². The molecule has 0 aromatic carbocycles. The zero-order valence-corrected chi connectivity index (χ0v) is 12.4. The molecule has 0 saturated carbocycles. The fourth-order valence-corrected chi connectivity index (χ4v) is 3.56. The Bertz CT molecular complexity index is 195. The minimum absolute atomic E-state index is 0.668. The summed E-state index contributed by atoms with van der Waals surface area (Å²) < 4.78 is 17.5. The van der Waals surface area contributed by atoms with E-state index in [9.17, 15) is 0 Å². The molecule has 0 aliphatic carbocycles. The average Bonchev–Trinajstić information content (AvgIpc) is 2.37. The van der Waals surface area contributed by atoms with Gasteiger partial charge in [0.15, 0.2) is 0 Å². The van der Waals surface area contributed by atoms with Crippen molar-refractivity contribution in [2.75, 3.05) is 19.8 Å². The first-order valence-electron chi connectivity index (χ1n) is 6.46. The summed E-state index contributed by atoms with van der Waals surface area (Å²) in [4.78, 5) is 0. The van der Waals surface area contributed by atoms with Gasteiger partial charge < -0.3 is 13.3 Å². The van der Waals surface area contributed by atoms with Gasteiger partial charge in [-0.05, 0) is 25.0 Å². The van der Waals surface area contributed by atoms with Crippen molar-refractivity contribution in [2.45, 2.75) is 40.0 Å². The lowest BCUT2D eigenvalue weighted by Crippen LogP contribution is -2.45. The molecule has 3 nitrogen and oxygen atoms in total. The highest BCUT2D eigenvalue weighted by molar-refractivity contribution is 6.66. The van der Waals surface area contributed by atoms with Gasteiger partial charge in [-0.25, -0.2) is 0 Å². The van der Waals surface area contributed by atoms with E-state index in [0.29, 0.717) is 19.8 Å². The first kappa shape index (κ1) is 16.6. The van der Waals surface area contributed by atoms with E-state index in [4.69, 9.17) is 13.3 Å². The van der Waals surface area contributed by atoms with E-state index in [1.165, 1.54) is 0 Å². The van der Waals surface area contributed by atoms with E-state index in [-0.39, 0.29) is 0 Å². The van der Waals surface area contributed by atoms with Crippen molar-refractivity contribution >= 4 is 8.80 Å². The molecular weight excluding hydrogens is 232 g/mol. The predicted molar refractivity (Wildman–Crippen MR) is 73.8 cm³/mol. The van der Waals surface area contributed by atoms with Crippen molar-refractivity contribution < 1.29 is 13.3 Å². The van der Waals surface area contributed by atoms with Crippen LogP contribution in [0, 0.1) is 0 Å². The molecule has 0 bridgehead atoms. The Hall–Kier alpha value is -0.423. The molecule has 100 valence electrons. The summed E-state index contributed by atoms with van der Waals surface area (Å²) in [5.41, 5.74) is 1.92. The molecule has 0 atom stereocenters. The molecule has 17 heavy (non-hydrogen) atoms. The van der Waals surface area contributed by atoms with E-state index >= 15 is 0 Å². The van der Waals surface area contributed by atoms with Crippen LogP contribution >= 0.6 is 0 Å². The van der Waals surface area contributed by atoms with Crippen LogP contribution in [0.3, 0.4) is 0 Å². The van der Waals surface area contributed by atoms with Crippen molar-refractivity contribution in [1.29, 1.82) is 0 Å². The molecular formula is C13H26O3Si. The third-order valence-electron chi connectivity index (χ3n) is 1.96. The van der Waals surface area contributed by atoms with Crippen LogP contribution in [0.15, 0.2) is 24.4 Å². The number of rotatable bonds is 11. The molecule has 0 aliphatic heterocycles. The Labute approximate surface area is 107 Å². The van der Waals surface area contributed by atoms with E-state index in [1.807, 2.05) is 11.8 Å². The topological polar surface area (TPSA) is 27.7 Å². The van der Waals surface area contributed by atoms with E-state index in [0.717, 1.165) is 19.3 Å². The summed E-state index contributed by atoms with van der Waals surface area (Å²) in [5.74, 6) is 0. The van der Waals surface area contributed by atoms with Crippen molar-refractivity contribution in [3.8, 4) is 0 Å². The smallest absolute Gasteiger partial charge is 0.370 e. The van der Waals surface area contributed by atoms with Gasteiger partial charge in [0.25, 0.3) is 0 Å². The number of allylic oxidation sites excluding steroid dienone is 2. The summed E-state index contributed by atoms with van der Waals surface area (Å²) in [6, 6.07) is 0. The van der Waals surface area contributed by atoms with Gasteiger partial charge in [-0.2, -0.15) is 0 Å². The molecule has 0 saturated heterocycles. The molecule has 4 heteroatoms. The molecule has 0 aromatic rings. The van der Waals surface area contributed by atoms with Crippen LogP contribution in [-0.2, 0) is 13.3 Å². The van der Waals surface area contributed by atoms with Crippen LogP contribution in [0.25, 0.3) is 0 Å². The van der Waals surface area contributed by atoms with Crippen LogP contribution in [0.4, 0.5) is 0 Å². The Morgan fingerprint density at radius 3 is 1.59 bits per heavy atom. The Balaban J connectivity index is 4.62. The van der Waals surface area contributed by atoms with E-state index in [2.05, 4.69) is 27.4 Å². The van der Waals surface area contributed by atoms with E-state index in [1.54, 1.807) is 6.08 Å². The fraction of sp³-hybridized carbons (Fsp3) is 0.692. The first-order valence-corrected chi connectivity index (χ1v) is 8.27. The number of hydrogen-bond acceptors (Lipinski definition) is 3. The van der Waals surface area contributed by atoms with Gasteiger partial charge in [0, 0.05) is 19.8 Å². The molecule has 0 N–H and O–H groups in total. The van der Waals surface area contributed by atoms with Crippen LogP contribution in [0.2, 0.25) is 0 Å². The van der Waals surface area contributed by atoms with Crippen molar-refractivity contribution in [3.63, 3.8) is 0 Å². The van der Waals surface area contributed by atoms with Crippen LogP contribution in [0.1, 0.15) is 40.0 Å². The minimum Gasteiger partial charge on any atom is -0.370 e. The molecule has 0 aliphatic rings. The molecule has 0 heterocycles. The monoisotopic (exact) mass is 258 g/mol. The quantitative estimate of drug-likeness (QED) is 0.419. The Morgan fingerprint density at radius 2 is 1.29 bits per heavy atom. The molecule has 0 unspecified atom stereocenters. The van der Waals surface area contributed by atoms with Gasteiger partial charge in [-0.15, -0.1) is 0 Å². The standard InChI is InChI=1S/C13H26O3Si/c1-5-9-13-17(14-10-6-2,15-11-7-3)16-12-8-4/h5,9,13H,1,6-8,10-12H2,2-4H3/b13-9+. The normalized spacial score (nSPS) is 12.2. The summed E-state index contributed by atoms with van der Waals surface area (Å²) >= 11 is 0. The SMILES string of the molecule is C=C/C=C/[Si](OCCC)(OCCC)OCCC. The summed E-state index contributed by atoms with van der Waals surface area (Å²) in [7, 11) is -2.63. The molecule has 0 rings (SSSR count). The summed E-state index contributed by atoms with van der Waals surface area (Å²) in [6.45, 7) is 11.9. The minimum atomic E-state index is -2.63. The van der Waals surface area contributed by atoms with Crippen LogP contribution in [0.5, 0.6) is 0 Å². The lowest BCUT2D eigenvalue weighted by Gasteiger charge is -2.26. The maximum atomic E-state index is 5.85. The van der Waals surface area contributed by atoms with Gasteiger partial charge in [0.2, 0.25) is 0 Å². The Kier molecular flexibility index (Phi) is 10.4. The van der Waals surface area contributed by atoms with Gasteiger partial charge >= 0.3 is 8.80 Å². The van der Waals surface area contributed by atoms with Gasteiger partial charge in [-0.3, -0.25) is 0 Å². The summed E-state index contributed by atoms with van der Waals surface area (Å²) in [6.07, 6.45) is 6.46. The zero-order chi connectivity index (χ0) is 13.0. The second-order valence-corrected chi connectivity index (χ2v) is 6.15. The highest BCUT2D eigenvalue weighted by Gasteiger charge is 2.37. The molecule has 0 fully saturated rings. The largest absolute Gasteiger partial charge is 0.529 e. The maximum absolute atomic E-state index is 5.85. The Morgan fingerprint density at radius 1 is 0.882 bits per heavy atom. The highest BCUT2D eigenvalue weighted by Crippen LogP contribution is 2.14. The fourth-order valence-electron chi connectivity index (χ4n) is 1.19. The lowest BCUT2D eigenvalue weighted by atomic mass is 10.5. The second-order valence-electron chi connectivity index (χ2n) is 3.74. The van der Waals surface area contributed by atoms with Crippen LogP contribution < -0.4 is 0 Å². The molecule has 0 radical (unpaired) electrons. The molecule has 0 amide bonds. The third kappa shape index (κ3) is 7.49. The zero-order valence-electron chi connectivity index (χ0n) is 11.4. The van der Waals surface area contributed by atoms with Crippen molar-refractivity contribution in [3.05, 3.63) is 24.4 Å². The predicted octanol–water partition coefficient (Wildman–Crippen LogP) is 3.49. The van der Waals surface area contributed by atoms with E-state index < -0.39 is 8.80 Å². The lowest BCUT2D eigenvalue weighted by molar-refractivity contribution is 0.0716. The first-order chi connectivity index (χ1) is 8.24. The van der Waals surface area contributed by atoms with Crippen molar-refractivity contribution in [2.24, 2.45) is 0 Å². The third-order valence-corrected chi connectivity index (χ3v) is 4.38. The second kappa shape index (κ2) is 10.7. The van der Waals surface area contributed by atoms with Gasteiger partial charge in [0.1, 0.15) is 0 Å². The molecule has 0 aromatic heterocycles. The number of hydrogen-bond donors (Lipinski definition) is 0. The average molecular weight is 258 g/mol. The van der Waals surface area contributed by atoms with Gasteiger partial charge in [-0.1, -0.05) is 39.5 Å². The van der Waals surface area contributed by atoms with Crippen molar-refractivity contribution in [1.82, 2.24) is 0 Å². The van der Waals surface area contributed by atoms with Crippen LogP contribution in [-0.4, -0.2) is 28.6 Å². The summed E-state index contributed by atoms with van der Waals surface area (Å²) in [5, 5.41) is 0.